The summed E-state index contributed by atoms with van der Waals surface area (Å²) in [5.41, 5.74) is -0.559. The first-order valence-electron chi connectivity index (χ1n) is 15.1. The lowest BCUT2D eigenvalue weighted by molar-refractivity contribution is -0.101. The highest BCUT2D eigenvalue weighted by Gasteiger charge is 2.49. The first-order valence-corrected chi connectivity index (χ1v) is 15.9. The van der Waals surface area contributed by atoms with Gasteiger partial charge in [-0.1, -0.05) is 12.1 Å². The molecule has 6 rings (SSSR count). The maximum atomic E-state index is 13.7. The molecule has 0 spiro atoms. The number of anilines is 1. The summed E-state index contributed by atoms with van der Waals surface area (Å²) >= 11 is 1.20. The topological polar surface area (TPSA) is 109 Å². The van der Waals surface area contributed by atoms with Crippen molar-refractivity contribution in [3.8, 4) is 21.0 Å². The van der Waals surface area contributed by atoms with E-state index in [1.807, 2.05) is 0 Å². The van der Waals surface area contributed by atoms with Gasteiger partial charge in [0.05, 0.1) is 53.1 Å². The number of carbonyl (C=O) groups is 2. The van der Waals surface area contributed by atoms with Crippen LogP contribution < -0.4 is 4.90 Å². The maximum absolute atomic E-state index is 13.7. The average molecular weight is 730 g/mol. The zero-order valence-corrected chi connectivity index (χ0v) is 27.2. The van der Waals surface area contributed by atoms with Crippen LogP contribution in [0.3, 0.4) is 0 Å². The van der Waals surface area contributed by atoms with Gasteiger partial charge in [0.15, 0.2) is 0 Å². The van der Waals surface area contributed by atoms with E-state index in [1.165, 1.54) is 41.5 Å². The van der Waals surface area contributed by atoms with Crippen LogP contribution in [0.5, 0.6) is 0 Å². The Morgan fingerprint density at radius 3 is 2.38 bits per heavy atom. The third-order valence-corrected chi connectivity index (χ3v) is 10.0. The number of alkyl halides is 8. The van der Waals surface area contributed by atoms with Gasteiger partial charge in [0.1, 0.15) is 11.1 Å². The zero-order chi connectivity index (χ0) is 36.5. The Hall–Kier alpha value is -4.61. The Balaban J connectivity index is 1.35. The quantitative estimate of drug-likeness (QED) is 0.246. The van der Waals surface area contributed by atoms with Crippen LogP contribution in [0, 0.1) is 19.8 Å². The van der Waals surface area contributed by atoms with Gasteiger partial charge in [-0.05, 0) is 51.0 Å². The number of carboxylic acid groups (broad SMARTS) is 1. The Morgan fingerprint density at radius 2 is 1.78 bits per heavy atom. The molecule has 3 aliphatic rings. The molecule has 0 radical (unpaired) electrons. The van der Waals surface area contributed by atoms with E-state index in [9.17, 15) is 49.8 Å². The van der Waals surface area contributed by atoms with Crippen LogP contribution in [0.15, 0.2) is 47.7 Å². The van der Waals surface area contributed by atoms with E-state index in [0.717, 1.165) is 4.90 Å². The minimum atomic E-state index is -5.08. The number of ether oxygens (including phenoxy) is 1. The molecule has 9 nitrogen and oxygen atoms in total. The van der Waals surface area contributed by atoms with E-state index >= 15 is 0 Å². The maximum Gasteiger partial charge on any atom is 0.416 e. The summed E-state index contributed by atoms with van der Waals surface area (Å²) < 4.78 is 115. The molecule has 1 unspecified atom stereocenters. The highest BCUT2D eigenvalue weighted by Crippen LogP contribution is 2.44. The van der Waals surface area contributed by atoms with Crippen LogP contribution in [0.25, 0.3) is 21.0 Å². The molecule has 3 atom stereocenters. The second kappa shape index (κ2) is 12.3. The number of hydrogen-bond acceptors (Lipinski definition) is 8. The fourth-order valence-corrected chi connectivity index (χ4v) is 7.37. The second-order valence-electron chi connectivity index (χ2n) is 12.4. The first kappa shape index (κ1) is 35.2. The molecule has 1 aromatic carbocycles. The largest absolute Gasteiger partial charge is 0.478 e. The number of allylic oxidation sites excluding steroid dienone is 3. The van der Waals surface area contributed by atoms with E-state index in [4.69, 9.17) is 4.74 Å². The highest BCUT2D eigenvalue weighted by atomic mass is 32.1. The molecule has 3 aromatic rings. The normalized spacial score (nSPS) is 22.2. The highest BCUT2D eigenvalue weighted by molar-refractivity contribution is 7.18. The molecular formula is C32H27F8N5O4S. The first-order chi connectivity index (χ1) is 23.2. The lowest BCUT2D eigenvalue weighted by Crippen LogP contribution is -2.57. The summed E-state index contributed by atoms with van der Waals surface area (Å²) in [5.74, 6) is -5.60. The number of aryl methyl sites for hydroxylation is 2. The molecule has 50 heavy (non-hydrogen) atoms. The van der Waals surface area contributed by atoms with Gasteiger partial charge in [-0.25, -0.2) is 33.3 Å². The summed E-state index contributed by atoms with van der Waals surface area (Å²) in [6, 6.07) is 3.50. The van der Waals surface area contributed by atoms with Gasteiger partial charge >= 0.3 is 24.4 Å². The molecule has 0 saturated carbocycles. The van der Waals surface area contributed by atoms with Gasteiger partial charge in [-0.3, -0.25) is 4.90 Å². The van der Waals surface area contributed by atoms with Crippen molar-refractivity contribution in [1.82, 2.24) is 19.9 Å². The monoisotopic (exact) mass is 729 g/mol. The van der Waals surface area contributed by atoms with E-state index in [2.05, 4.69) is 15.0 Å². The van der Waals surface area contributed by atoms with Gasteiger partial charge in [0.2, 0.25) is 5.95 Å². The SMILES string of the molecule is Cc1cc(C(=O)O)ccc1-c1nc(C)c(-c2cnc(N3CC(F)(F)C3)nc2CN2C(=O)O[C@H](C3C=C(C(F)(F)F)C=C(C(F)(F)F)C3)[C@@H]2C)s1. The van der Waals surface area contributed by atoms with Gasteiger partial charge in [-0.15, -0.1) is 11.3 Å². The molecule has 2 saturated heterocycles. The van der Waals surface area contributed by atoms with Crippen molar-refractivity contribution in [3.05, 3.63) is 70.2 Å². The number of carboxylic acids is 1. The second-order valence-corrected chi connectivity index (χ2v) is 13.4. The number of amides is 1. The number of thiazole rings is 1. The van der Waals surface area contributed by atoms with Crippen LogP contribution in [0.2, 0.25) is 0 Å². The van der Waals surface area contributed by atoms with Crippen molar-refractivity contribution in [2.24, 2.45) is 5.92 Å². The summed E-state index contributed by atoms with van der Waals surface area (Å²) in [7, 11) is 0. The molecule has 266 valence electrons. The van der Waals surface area contributed by atoms with Crippen LogP contribution in [0.1, 0.15) is 40.7 Å². The molecule has 2 fully saturated rings. The number of aromatic nitrogens is 3. The standard InChI is InChI=1S/C32H27F8N5O4S/c1-14-6-17(27(46)47)4-5-21(14)26-42-15(2)25(50-26)22-10-41-28(44-12-30(33,34)13-44)43-23(22)11-45-16(3)24(49-29(45)48)18-7-19(31(35,36)37)9-20(8-18)32(38,39)40/h4-7,9-10,16,18,24H,8,11-13H2,1-3H3,(H,46,47)/t16-,18?,24-/m0/s1. The summed E-state index contributed by atoms with van der Waals surface area (Å²) in [4.78, 5) is 40.9. The number of hydrogen-bond donors (Lipinski definition) is 1. The number of benzene rings is 1. The van der Waals surface area contributed by atoms with Crippen molar-refractivity contribution in [2.75, 3.05) is 18.0 Å². The number of aromatic carboxylic acids is 1. The minimum Gasteiger partial charge on any atom is -0.478 e. The number of carbonyl (C=O) groups excluding carboxylic acids is 1. The molecule has 1 N–H and O–H groups in total. The van der Waals surface area contributed by atoms with Gasteiger partial charge in [-0.2, -0.15) is 26.3 Å². The van der Waals surface area contributed by atoms with Crippen molar-refractivity contribution < 1.29 is 54.6 Å². The third kappa shape index (κ3) is 6.76. The molecule has 1 amide bonds. The molecule has 1 aliphatic carbocycles. The van der Waals surface area contributed by atoms with E-state index in [-0.39, 0.29) is 29.8 Å². The summed E-state index contributed by atoms with van der Waals surface area (Å²) in [5, 5.41) is 9.85. The number of halogens is 8. The number of cyclic esters (lactones) is 1. The zero-order valence-electron chi connectivity index (χ0n) is 26.4. The van der Waals surface area contributed by atoms with Gasteiger partial charge in [0.25, 0.3) is 5.92 Å². The average Bonchev–Trinajstić information content (AvgIpc) is 3.52. The number of nitrogens with zero attached hydrogens (tertiary/aromatic N) is 5. The van der Waals surface area contributed by atoms with Crippen LogP contribution in [-0.2, 0) is 11.3 Å². The van der Waals surface area contributed by atoms with E-state index < -0.39 is 79.1 Å². The van der Waals surface area contributed by atoms with Crippen molar-refractivity contribution in [1.29, 1.82) is 0 Å². The summed E-state index contributed by atoms with van der Waals surface area (Å²) in [6.07, 6.45) is -11.3. The lowest BCUT2D eigenvalue weighted by Gasteiger charge is -2.38. The molecular weight excluding hydrogens is 702 g/mol. The predicted molar refractivity (Wildman–Crippen MR) is 164 cm³/mol. The smallest absolute Gasteiger partial charge is 0.416 e. The summed E-state index contributed by atoms with van der Waals surface area (Å²) in [6.45, 7) is 3.17. The molecule has 2 aliphatic heterocycles. The van der Waals surface area contributed by atoms with Crippen molar-refractivity contribution in [2.45, 2.75) is 64.2 Å². The lowest BCUT2D eigenvalue weighted by atomic mass is 9.83. The minimum absolute atomic E-state index is 0.0529. The molecule has 0 bridgehead atoms. The molecule has 4 heterocycles. The van der Waals surface area contributed by atoms with Gasteiger partial charge in [0, 0.05) is 28.8 Å². The Morgan fingerprint density at radius 1 is 1.08 bits per heavy atom. The van der Waals surface area contributed by atoms with Crippen LogP contribution >= 0.6 is 11.3 Å². The Kier molecular flexibility index (Phi) is 8.67. The van der Waals surface area contributed by atoms with E-state index in [1.54, 1.807) is 19.9 Å². The fraction of sp³-hybridized carbons (Fsp3) is 0.406. The fourth-order valence-electron chi connectivity index (χ4n) is 6.19. The number of rotatable bonds is 7. The van der Waals surface area contributed by atoms with Gasteiger partial charge < -0.3 is 14.7 Å². The van der Waals surface area contributed by atoms with Crippen molar-refractivity contribution in [3.63, 3.8) is 0 Å². The third-order valence-electron chi connectivity index (χ3n) is 8.78. The van der Waals surface area contributed by atoms with Crippen LogP contribution in [0.4, 0.5) is 45.9 Å². The van der Waals surface area contributed by atoms with E-state index in [0.29, 0.717) is 38.3 Å². The Labute approximate surface area is 282 Å². The van der Waals surface area contributed by atoms with Crippen molar-refractivity contribution >= 4 is 29.3 Å². The predicted octanol–water partition coefficient (Wildman–Crippen LogP) is 7.74. The molecule has 18 heteroatoms. The van der Waals surface area contributed by atoms with Crippen LogP contribution in [-0.4, -0.2) is 80.5 Å². The Bertz CT molecular complexity index is 1930. The molecule has 2 aromatic heterocycles.